The molecular weight excluding hydrogens is 362 g/mol. The Morgan fingerprint density at radius 3 is 1.59 bits per heavy atom. The SMILES string of the molecule is CC(C)(C)C.Fc1cc(F)cc(-c2ccc(C3CCC(C4CCC4)CC3)cc2)c1. The largest absolute Gasteiger partial charge is 0.207 e. The Balaban J connectivity index is 0.000000431. The maximum absolute atomic E-state index is 13.4. The van der Waals surface area contributed by atoms with Crippen LogP contribution in [0.15, 0.2) is 42.5 Å². The molecular formula is C27H36F2. The summed E-state index contributed by atoms with van der Waals surface area (Å²) >= 11 is 0. The van der Waals surface area contributed by atoms with Gasteiger partial charge in [0, 0.05) is 6.07 Å². The van der Waals surface area contributed by atoms with Crippen molar-refractivity contribution in [2.75, 3.05) is 0 Å². The van der Waals surface area contributed by atoms with E-state index < -0.39 is 11.6 Å². The van der Waals surface area contributed by atoms with E-state index in [2.05, 4.69) is 39.8 Å². The van der Waals surface area contributed by atoms with Crippen molar-refractivity contribution >= 4 is 0 Å². The first kappa shape index (κ1) is 22.0. The van der Waals surface area contributed by atoms with E-state index in [1.807, 2.05) is 12.1 Å². The van der Waals surface area contributed by atoms with Gasteiger partial charge in [0.25, 0.3) is 0 Å². The summed E-state index contributed by atoms with van der Waals surface area (Å²) < 4.78 is 26.8. The Hall–Kier alpha value is -1.70. The minimum atomic E-state index is -0.525. The molecule has 0 N–H and O–H groups in total. The maximum Gasteiger partial charge on any atom is 0.126 e. The van der Waals surface area contributed by atoms with Gasteiger partial charge < -0.3 is 0 Å². The molecule has 0 nitrogen and oxygen atoms in total. The van der Waals surface area contributed by atoms with Crippen LogP contribution in [-0.4, -0.2) is 0 Å². The molecule has 158 valence electrons. The zero-order valence-electron chi connectivity index (χ0n) is 18.5. The van der Waals surface area contributed by atoms with Crippen molar-refractivity contribution in [3.63, 3.8) is 0 Å². The molecule has 0 heterocycles. The van der Waals surface area contributed by atoms with Gasteiger partial charge in [-0.3, -0.25) is 0 Å². The van der Waals surface area contributed by atoms with E-state index in [0.717, 1.165) is 23.5 Å². The normalized spacial score (nSPS) is 22.4. The van der Waals surface area contributed by atoms with Gasteiger partial charge in [0.15, 0.2) is 0 Å². The number of hydrogen-bond donors (Lipinski definition) is 0. The first-order valence-electron chi connectivity index (χ1n) is 11.3. The van der Waals surface area contributed by atoms with E-state index in [4.69, 9.17) is 0 Å². The van der Waals surface area contributed by atoms with Gasteiger partial charge in [-0.05, 0) is 77.7 Å². The highest BCUT2D eigenvalue weighted by atomic mass is 19.1. The first-order chi connectivity index (χ1) is 13.7. The Bertz CT molecular complexity index is 747. The number of halogens is 2. The molecule has 0 bridgehead atoms. The van der Waals surface area contributed by atoms with Crippen molar-refractivity contribution in [3.8, 4) is 11.1 Å². The van der Waals surface area contributed by atoms with Crippen LogP contribution in [0, 0.1) is 28.9 Å². The molecule has 2 aliphatic rings. The van der Waals surface area contributed by atoms with E-state index in [-0.39, 0.29) is 0 Å². The quantitative estimate of drug-likeness (QED) is 0.485. The van der Waals surface area contributed by atoms with Gasteiger partial charge in [-0.2, -0.15) is 0 Å². The Kier molecular flexibility index (Phi) is 7.14. The van der Waals surface area contributed by atoms with Crippen LogP contribution in [0.5, 0.6) is 0 Å². The number of rotatable bonds is 3. The van der Waals surface area contributed by atoms with Crippen LogP contribution in [0.3, 0.4) is 0 Å². The molecule has 0 aromatic heterocycles. The van der Waals surface area contributed by atoms with Crippen LogP contribution in [0.4, 0.5) is 8.78 Å². The fourth-order valence-corrected chi connectivity index (χ4v) is 4.50. The summed E-state index contributed by atoms with van der Waals surface area (Å²) in [5, 5.41) is 0. The number of hydrogen-bond acceptors (Lipinski definition) is 0. The highest BCUT2D eigenvalue weighted by molar-refractivity contribution is 5.63. The maximum atomic E-state index is 13.4. The lowest BCUT2D eigenvalue weighted by atomic mass is 9.67. The van der Waals surface area contributed by atoms with Gasteiger partial charge in [-0.25, -0.2) is 8.78 Å². The summed E-state index contributed by atoms with van der Waals surface area (Å²) in [6, 6.07) is 12.0. The van der Waals surface area contributed by atoms with Crippen LogP contribution in [0.2, 0.25) is 0 Å². The Morgan fingerprint density at radius 1 is 0.655 bits per heavy atom. The standard InChI is InChI=1S/C22H24F2.C5H12/c23-21-12-20(13-22(24)14-21)19-10-8-18(9-11-19)17-6-4-16(5-7-17)15-2-1-3-15;1-5(2,3)4/h8-17H,1-7H2;1-4H3. The van der Waals surface area contributed by atoms with Gasteiger partial charge in [-0.15, -0.1) is 0 Å². The second-order valence-corrected chi connectivity index (χ2v) is 10.6. The van der Waals surface area contributed by atoms with Gasteiger partial charge in [0.1, 0.15) is 11.6 Å². The molecule has 0 atom stereocenters. The van der Waals surface area contributed by atoms with E-state index in [1.165, 1.54) is 62.6 Å². The molecule has 0 aliphatic heterocycles. The second-order valence-electron chi connectivity index (χ2n) is 10.6. The molecule has 0 saturated heterocycles. The minimum absolute atomic E-state index is 0.500. The highest BCUT2D eigenvalue weighted by Gasteiger charge is 2.31. The second kappa shape index (κ2) is 9.41. The molecule has 0 spiro atoms. The van der Waals surface area contributed by atoms with E-state index in [1.54, 1.807) is 0 Å². The van der Waals surface area contributed by atoms with E-state index >= 15 is 0 Å². The van der Waals surface area contributed by atoms with Crippen molar-refractivity contribution in [2.45, 2.75) is 78.6 Å². The lowest BCUT2D eigenvalue weighted by Crippen LogP contribution is -2.25. The number of benzene rings is 2. The topological polar surface area (TPSA) is 0 Å². The minimum Gasteiger partial charge on any atom is -0.207 e. The summed E-state index contributed by atoms with van der Waals surface area (Å²) in [5.41, 5.74) is 3.36. The first-order valence-corrected chi connectivity index (χ1v) is 11.3. The lowest BCUT2D eigenvalue weighted by molar-refractivity contribution is 0.154. The average Bonchev–Trinajstić information content (AvgIpc) is 2.59. The van der Waals surface area contributed by atoms with Crippen LogP contribution >= 0.6 is 0 Å². The summed E-state index contributed by atoms with van der Waals surface area (Å²) in [4.78, 5) is 0. The predicted molar refractivity (Wildman–Crippen MR) is 119 cm³/mol. The van der Waals surface area contributed by atoms with Crippen molar-refractivity contribution in [1.82, 2.24) is 0 Å². The summed E-state index contributed by atoms with van der Waals surface area (Å²) in [6.45, 7) is 8.75. The van der Waals surface area contributed by atoms with E-state index in [9.17, 15) is 8.78 Å². The van der Waals surface area contributed by atoms with Crippen molar-refractivity contribution in [1.29, 1.82) is 0 Å². The third-order valence-electron chi connectivity index (χ3n) is 6.17. The van der Waals surface area contributed by atoms with Gasteiger partial charge in [-0.1, -0.05) is 71.2 Å². The monoisotopic (exact) mass is 398 g/mol. The predicted octanol–water partition coefficient (Wildman–Crippen LogP) is 8.76. The smallest absolute Gasteiger partial charge is 0.126 e. The molecule has 0 amide bonds. The van der Waals surface area contributed by atoms with Crippen molar-refractivity contribution in [3.05, 3.63) is 59.7 Å². The highest BCUT2D eigenvalue weighted by Crippen LogP contribution is 2.44. The molecule has 2 aromatic carbocycles. The molecule has 2 fully saturated rings. The zero-order valence-corrected chi connectivity index (χ0v) is 18.5. The average molecular weight is 399 g/mol. The molecule has 2 heteroatoms. The van der Waals surface area contributed by atoms with Crippen LogP contribution in [0.25, 0.3) is 11.1 Å². The fourth-order valence-electron chi connectivity index (χ4n) is 4.50. The summed E-state index contributed by atoms with van der Waals surface area (Å²) in [6.07, 6.45) is 9.65. The Labute approximate surface area is 175 Å². The van der Waals surface area contributed by atoms with Gasteiger partial charge in [0.2, 0.25) is 0 Å². The molecule has 0 radical (unpaired) electrons. The van der Waals surface area contributed by atoms with E-state index in [0.29, 0.717) is 16.9 Å². The van der Waals surface area contributed by atoms with Gasteiger partial charge >= 0.3 is 0 Å². The molecule has 29 heavy (non-hydrogen) atoms. The van der Waals surface area contributed by atoms with Gasteiger partial charge in [0.05, 0.1) is 0 Å². The molecule has 0 unspecified atom stereocenters. The molecule has 2 saturated carbocycles. The Morgan fingerprint density at radius 2 is 1.14 bits per heavy atom. The third-order valence-corrected chi connectivity index (χ3v) is 6.17. The zero-order chi connectivity index (χ0) is 21.0. The fraction of sp³-hybridized carbons (Fsp3) is 0.556. The summed E-state index contributed by atoms with van der Waals surface area (Å²) in [5.74, 6) is 1.58. The third kappa shape index (κ3) is 6.66. The lowest BCUT2D eigenvalue weighted by Gasteiger charge is -2.38. The van der Waals surface area contributed by atoms with Crippen LogP contribution < -0.4 is 0 Å². The van der Waals surface area contributed by atoms with Crippen molar-refractivity contribution in [2.24, 2.45) is 17.3 Å². The van der Waals surface area contributed by atoms with Crippen LogP contribution in [0.1, 0.15) is 84.1 Å². The summed E-state index contributed by atoms with van der Waals surface area (Å²) in [7, 11) is 0. The van der Waals surface area contributed by atoms with Crippen molar-refractivity contribution < 1.29 is 8.78 Å². The molecule has 2 aromatic rings. The van der Waals surface area contributed by atoms with Crippen LogP contribution in [-0.2, 0) is 0 Å². The molecule has 2 aliphatic carbocycles. The molecule has 4 rings (SSSR count).